The van der Waals surface area contributed by atoms with Gasteiger partial charge in [0.1, 0.15) is 0 Å². The van der Waals surface area contributed by atoms with E-state index < -0.39 is 11.4 Å². The molecule has 0 bridgehead atoms. The average Bonchev–Trinajstić information content (AvgIpc) is 2.86. The summed E-state index contributed by atoms with van der Waals surface area (Å²) in [6.45, 7) is 7.49. The molecule has 112 valence electrons. The molecule has 5 nitrogen and oxygen atoms in total. The number of aromatic nitrogens is 2. The lowest BCUT2D eigenvalue weighted by atomic mass is 9.77. The minimum absolute atomic E-state index is 0.558. The molecule has 0 aromatic carbocycles. The molecule has 1 N–H and O–H groups in total. The van der Waals surface area contributed by atoms with Gasteiger partial charge in [-0.05, 0) is 32.2 Å². The van der Waals surface area contributed by atoms with E-state index in [9.17, 15) is 9.90 Å². The monoisotopic (exact) mass is 279 g/mol. The third-order valence-electron chi connectivity index (χ3n) is 4.33. The van der Waals surface area contributed by atoms with Crippen LogP contribution in [0.25, 0.3) is 0 Å². The van der Waals surface area contributed by atoms with E-state index in [-0.39, 0.29) is 0 Å². The van der Waals surface area contributed by atoms with Crippen LogP contribution in [0, 0.1) is 5.41 Å². The van der Waals surface area contributed by atoms with E-state index in [4.69, 9.17) is 0 Å². The molecule has 1 saturated heterocycles. The summed E-state index contributed by atoms with van der Waals surface area (Å²) >= 11 is 0. The number of piperidine rings is 1. The normalized spacial score (nSPS) is 23.9. The van der Waals surface area contributed by atoms with E-state index in [0.717, 1.165) is 38.9 Å². The van der Waals surface area contributed by atoms with Crippen molar-refractivity contribution in [3.63, 3.8) is 0 Å². The van der Waals surface area contributed by atoms with Gasteiger partial charge in [0.2, 0.25) is 0 Å². The topological polar surface area (TPSA) is 58.4 Å². The molecule has 2 heterocycles. The van der Waals surface area contributed by atoms with Gasteiger partial charge in [0, 0.05) is 31.4 Å². The van der Waals surface area contributed by atoms with Crippen molar-refractivity contribution in [2.45, 2.75) is 52.6 Å². The molecule has 1 aromatic heterocycles. The molecule has 0 spiro atoms. The molecule has 5 heteroatoms. The van der Waals surface area contributed by atoms with E-state index in [1.807, 2.05) is 17.8 Å². The molecular formula is C15H25N3O2. The van der Waals surface area contributed by atoms with Gasteiger partial charge in [-0.1, -0.05) is 13.8 Å². The maximum Gasteiger partial charge on any atom is 0.310 e. The summed E-state index contributed by atoms with van der Waals surface area (Å²) in [6.07, 6.45) is 7.51. The minimum Gasteiger partial charge on any atom is -0.481 e. The Bertz CT molecular complexity index is 458. The van der Waals surface area contributed by atoms with Crippen LogP contribution in [0.5, 0.6) is 0 Å². The van der Waals surface area contributed by atoms with Crippen molar-refractivity contribution in [2.24, 2.45) is 5.41 Å². The Hall–Kier alpha value is -1.36. The lowest BCUT2D eigenvalue weighted by Crippen LogP contribution is -2.47. The molecule has 1 aromatic rings. The van der Waals surface area contributed by atoms with Crippen LogP contribution in [0.1, 0.15) is 45.1 Å². The predicted octanol–water partition coefficient (Wildman–Crippen LogP) is 2.37. The fourth-order valence-corrected chi connectivity index (χ4v) is 3.07. The number of carboxylic acid groups (broad SMARTS) is 1. The van der Waals surface area contributed by atoms with Gasteiger partial charge in [-0.15, -0.1) is 0 Å². The first kappa shape index (κ1) is 15.0. The van der Waals surface area contributed by atoms with E-state index in [1.165, 1.54) is 5.56 Å². The third-order valence-corrected chi connectivity index (χ3v) is 4.33. The van der Waals surface area contributed by atoms with Gasteiger partial charge in [0.15, 0.2) is 0 Å². The molecule has 1 atom stereocenters. The third kappa shape index (κ3) is 3.20. The summed E-state index contributed by atoms with van der Waals surface area (Å²) in [6, 6.07) is 0. The molecular weight excluding hydrogens is 254 g/mol. The Morgan fingerprint density at radius 2 is 2.30 bits per heavy atom. The fourth-order valence-electron chi connectivity index (χ4n) is 3.07. The number of hydrogen-bond acceptors (Lipinski definition) is 3. The maximum atomic E-state index is 11.6. The van der Waals surface area contributed by atoms with Gasteiger partial charge in [0.05, 0.1) is 11.6 Å². The molecule has 1 fully saturated rings. The molecule has 0 radical (unpaired) electrons. The molecule has 2 rings (SSSR count). The van der Waals surface area contributed by atoms with Crippen molar-refractivity contribution in [3.8, 4) is 0 Å². The van der Waals surface area contributed by atoms with Gasteiger partial charge in [-0.2, -0.15) is 5.10 Å². The number of rotatable bonds is 6. The van der Waals surface area contributed by atoms with Crippen molar-refractivity contribution >= 4 is 5.97 Å². The Balaban J connectivity index is 2.00. The number of aliphatic carboxylic acids is 1. The number of carbonyl (C=O) groups is 1. The number of aryl methyl sites for hydroxylation is 1. The predicted molar refractivity (Wildman–Crippen MR) is 77.4 cm³/mol. The number of nitrogens with zero attached hydrogens (tertiary/aromatic N) is 3. The summed E-state index contributed by atoms with van der Waals surface area (Å²) in [7, 11) is 0. The number of carboxylic acids is 1. The van der Waals surface area contributed by atoms with Crippen molar-refractivity contribution < 1.29 is 9.90 Å². The number of likely N-dealkylation sites (tertiary alicyclic amines) is 1. The Morgan fingerprint density at radius 1 is 1.50 bits per heavy atom. The fraction of sp³-hybridized carbons (Fsp3) is 0.733. The van der Waals surface area contributed by atoms with Gasteiger partial charge in [-0.3, -0.25) is 14.4 Å². The molecule has 1 aliphatic rings. The first-order valence-electron chi connectivity index (χ1n) is 7.56. The second-order valence-electron chi connectivity index (χ2n) is 5.86. The molecule has 1 aliphatic heterocycles. The zero-order chi connectivity index (χ0) is 14.6. The smallest absolute Gasteiger partial charge is 0.310 e. The highest BCUT2D eigenvalue weighted by atomic mass is 16.4. The van der Waals surface area contributed by atoms with Crippen molar-refractivity contribution in [3.05, 3.63) is 18.0 Å². The van der Waals surface area contributed by atoms with Crippen LogP contribution in [0.3, 0.4) is 0 Å². The average molecular weight is 279 g/mol. The SMILES string of the molecule is CCCn1cc(CN2CCCC(CC)(C(=O)O)C2)cn1. The standard InChI is InChI=1S/C15H25N3O2/c1-3-7-18-11-13(9-16-18)10-17-8-5-6-15(4-2,12-17)14(19)20/h9,11H,3-8,10,12H2,1-2H3,(H,19,20). The van der Waals surface area contributed by atoms with Gasteiger partial charge >= 0.3 is 5.97 Å². The minimum atomic E-state index is -0.647. The van der Waals surface area contributed by atoms with E-state index >= 15 is 0 Å². The Morgan fingerprint density at radius 3 is 2.95 bits per heavy atom. The highest BCUT2D eigenvalue weighted by Crippen LogP contribution is 2.34. The number of hydrogen-bond donors (Lipinski definition) is 1. The van der Waals surface area contributed by atoms with Crippen LogP contribution in [-0.4, -0.2) is 38.8 Å². The summed E-state index contributed by atoms with van der Waals surface area (Å²) in [5, 5.41) is 13.8. The van der Waals surface area contributed by atoms with Gasteiger partial charge in [-0.25, -0.2) is 0 Å². The van der Waals surface area contributed by atoms with E-state index in [1.54, 1.807) is 0 Å². The van der Waals surface area contributed by atoms with Crippen LogP contribution < -0.4 is 0 Å². The largest absolute Gasteiger partial charge is 0.481 e. The highest BCUT2D eigenvalue weighted by molar-refractivity contribution is 5.75. The molecule has 0 saturated carbocycles. The zero-order valence-corrected chi connectivity index (χ0v) is 12.5. The van der Waals surface area contributed by atoms with Crippen LogP contribution >= 0.6 is 0 Å². The second-order valence-corrected chi connectivity index (χ2v) is 5.86. The zero-order valence-electron chi connectivity index (χ0n) is 12.5. The van der Waals surface area contributed by atoms with E-state index in [0.29, 0.717) is 13.0 Å². The van der Waals surface area contributed by atoms with Crippen LogP contribution in [0.2, 0.25) is 0 Å². The molecule has 0 aliphatic carbocycles. The molecule has 1 unspecified atom stereocenters. The maximum absolute atomic E-state index is 11.6. The lowest BCUT2D eigenvalue weighted by Gasteiger charge is -2.39. The lowest BCUT2D eigenvalue weighted by molar-refractivity contribution is -0.153. The first-order chi connectivity index (χ1) is 9.59. The summed E-state index contributed by atoms with van der Waals surface area (Å²) < 4.78 is 1.96. The summed E-state index contributed by atoms with van der Waals surface area (Å²) in [5.41, 5.74) is 0.619. The van der Waals surface area contributed by atoms with Crippen LogP contribution in [0.15, 0.2) is 12.4 Å². The van der Waals surface area contributed by atoms with Crippen LogP contribution in [0.4, 0.5) is 0 Å². The van der Waals surface area contributed by atoms with Crippen molar-refractivity contribution in [2.75, 3.05) is 13.1 Å². The van der Waals surface area contributed by atoms with Crippen molar-refractivity contribution in [1.29, 1.82) is 0 Å². The summed E-state index contributed by atoms with van der Waals surface area (Å²) in [4.78, 5) is 13.8. The van der Waals surface area contributed by atoms with Crippen LogP contribution in [-0.2, 0) is 17.9 Å². The Kier molecular flexibility index (Phi) is 4.81. The molecule has 0 amide bonds. The Labute approximate surface area is 120 Å². The summed E-state index contributed by atoms with van der Waals surface area (Å²) in [5.74, 6) is -0.647. The molecule has 20 heavy (non-hydrogen) atoms. The van der Waals surface area contributed by atoms with E-state index in [2.05, 4.69) is 23.1 Å². The first-order valence-corrected chi connectivity index (χ1v) is 7.56. The van der Waals surface area contributed by atoms with Gasteiger partial charge < -0.3 is 5.11 Å². The second kappa shape index (κ2) is 6.39. The van der Waals surface area contributed by atoms with Crippen molar-refractivity contribution in [1.82, 2.24) is 14.7 Å². The highest BCUT2D eigenvalue weighted by Gasteiger charge is 2.40. The quantitative estimate of drug-likeness (QED) is 0.868. The van der Waals surface area contributed by atoms with Gasteiger partial charge in [0.25, 0.3) is 0 Å².